The highest BCUT2D eigenvalue weighted by Gasteiger charge is 2.13. The Hall–Kier alpha value is -2.52. The molecular weight excluding hydrogens is 364 g/mol. The quantitative estimate of drug-likeness (QED) is 0.681. The number of aromatic amines is 1. The summed E-state index contributed by atoms with van der Waals surface area (Å²) in [5.74, 6) is 0.790. The first-order valence-corrected chi connectivity index (χ1v) is 8.61. The lowest BCUT2D eigenvalue weighted by molar-refractivity contribution is -0.0512. The van der Waals surface area contributed by atoms with Crippen LogP contribution in [0, 0.1) is 0 Å². The lowest BCUT2D eigenvalue weighted by atomic mass is 10.2. The van der Waals surface area contributed by atoms with Gasteiger partial charge in [-0.25, -0.2) is 4.98 Å². The largest absolute Gasteiger partial charge is 0.493 e. The summed E-state index contributed by atoms with van der Waals surface area (Å²) in [5, 5.41) is 1.83. The summed E-state index contributed by atoms with van der Waals surface area (Å²) in [5.41, 5.74) is 1.38. The molecule has 3 aromatic rings. The summed E-state index contributed by atoms with van der Waals surface area (Å²) in [6, 6.07) is 6.60. The zero-order valence-electron chi connectivity index (χ0n) is 14.2. The molecule has 0 radical (unpaired) electrons. The molecule has 1 aromatic carbocycles. The van der Waals surface area contributed by atoms with Crippen LogP contribution in [0.2, 0.25) is 0 Å². The summed E-state index contributed by atoms with van der Waals surface area (Å²) in [7, 11) is 3.26. The normalized spacial score (nSPS) is 11.5. The smallest absolute Gasteiger partial charge is 0.387 e. The van der Waals surface area contributed by atoms with Crippen molar-refractivity contribution < 1.29 is 18.3 Å². The van der Waals surface area contributed by atoms with Gasteiger partial charge in [-0.2, -0.15) is 8.78 Å². The molecule has 0 atom stereocenters. The number of aromatic nitrogens is 2. The summed E-state index contributed by atoms with van der Waals surface area (Å²) in [6.07, 6.45) is 0. The van der Waals surface area contributed by atoms with Crippen molar-refractivity contribution in [2.45, 2.75) is 19.7 Å². The van der Waals surface area contributed by atoms with E-state index in [1.807, 2.05) is 23.4 Å². The van der Waals surface area contributed by atoms with Crippen LogP contribution in [-0.2, 0) is 13.1 Å². The first-order valence-electron chi connectivity index (χ1n) is 7.73. The molecule has 2 heterocycles. The second-order valence-corrected chi connectivity index (χ2v) is 6.60. The first-order chi connectivity index (χ1) is 12.5. The van der Waals surface area contributed by atoms with E-state index in [4.69, 9.17) is 4.74 Å². The fourth-order valence-corrected chi connectivity index (χ4v) is 3.35. The van der Waals surface area contributed by atoms with Crippen LogP contribution >= 0.6 is 11.3 Å². The molecule has 138 valence electrons. The van der Waals surface area contributed by atoms with Crippen molar-refractivity contribution in [2.75, 3.05) is 14.2 Å². The average molecular weight is 381 g/mol. The molecule has 0 aliphatic heterocycles. The van der Waals surface area contributed by atoms with Gasteiger partial charge in [-0.1, -0.05) is 6.07 Å². The van der Waals surface area contributed by atoms with Crippen molar-refractivity contribution in [1.29, 1.82) is 0 Å². The van der Waals surface area contributed by atoms with Gasteiger partial charge in [0.1, 0.15) is 10.5 Å². The van der Waals surface area contributed by atoms with Crippen LogP contribution in [0.25, 0.3) is 10.2 Å². The minimum Gasteiger partial charge on any atom is -0.493 e. The molecule has 26 heavy (non-hydrogen) atoms. The maximum Gasteiger partial charge on any atom is 0.387 e. The van der Waals surface area contributed by atoms with Gasteiger partial charge in [0.05, 0.1) is 19.2 Å². The number of hydrogen-bond acceptors (Lipinski definition) is 6. The molecule has 1 N–H and O–H groups in total. The Kier molecular flexibility index (Phi) is 5.48. The van der Waals surface area contributed by atoms with Crippen LogP contribution in [0.3, 0.4) is 0 Å². The van der Waals surface area contributed by atoms with Crippen molar-refractivity contribution in [3.8, 4) is 11.5 Å². The number of ether oxygens (including phenoxy) is 2. The van der Waals surface area contributed by atoms with E-state index in [-0.39, 0.29) is 17.1 Å². The molecule has 9 heteroatoms. The molecular formula is C17H17F2N3O3S. The van der Waals surface area contributed by atoms with Crippen molar-refractivity contribution in [2.24, 2.45) is 0 Å². The molecule has 0 saturated carbocycles. The molecule has 0 spiro atoms. The Labute approximate surface area is 152 Å². The lowest BCUT2D eigenvalue weighted by Gasteiger charge is -2.17. The van der Waals surface area contributed by atoms with Crippen LogP contribution in [-0.4, -0.2) is 35.6 Å². The number of methoxy groups -OCH3 is 1. The second kappa shape index (κ2) is 7.79. The van der Waals surface area contributed by atoms with Crippen LogP contribution < -0.4 is 15.0 Å². The molecule has 0 unspecified atom stereocenters. The third kappa shape index (κ3) is 4.17. The van der Waals surface area contributed by atoms with Crippen molar-refractivity contribution in [1.82, 2.24) is 14.9 Å². The van der Waals surface area contributed by atoms with Gasteiger partial charge in [-0.3, -0.25) is 9.69 Å². The zero-order valence-corrected chi connectivity index (χ0v) is 15.0. The number of benzene rings is 1. The highest BCUT2D eigenvalue weighted by atomic mass is 32.1. The Morgan fingerprint density at radius 3 is 2.81 bits per heavy atom. The molecule has 0 fully saturated rings. The van der Waals surface area contributed by atoms with Crippen molar-refractivity contribution >= 4 is 21.6 Å². The molecule has 0 aliphatic rings. The summed E-state index contributed by atoms with van der Waals surface area (Å²) in [6.45, 7) is -1.97. The standard InChI is InChI=1S/C17H17F2N3O3S/c1-22(9-14-20-11-5-6-26-15(11)16(23)21-14)8-10-3-4-12(25-17(18)19)13(7-10)24-2/h3-7,17H,8-9H2,1-2H3,(H,20,21,23). The molecule has 6 nitrogen and oxygen atoms in total. The van der Waals surface area contributed by atoms with Crippen LogP contribution in [0.15, 0.2) is 34.4 Å². The average Bonchev–Trinajstić information content (AvgIpc) is 3.04. The fourth-order valence-electron chi connectivity index (χ4n) is 2.62. The van der Waals surface area contributed by atoms with Crippen molar-refractivity contribution in [3.63, 3.8) is 0 Å². The Morgan fingerprint density at radius 1 is 1.27 bits per heavy atom. The van der Waals surface area contributed by atoms with E-state index < -0.39 is 6.61 Å². The van der Waals surface area contributed by atoms with Crippen LogP contribution in [0.5, 0.6) is 11.5 Å². The van der Waals surface area contributed by atoms with Gasteiger partial charge < -0.3 is 14.5 Å². The Balaban J connectivity index is 1.72. The maximum absolute atomic E-state index is 12.4. The minimum absolute atomic E-state index is 0.0113. The molecule has 3 rings (SSSR count). The number of fused-ring (bicyclic) bond motifs is 1. The monoisotopic (exact) mass is 381 g/mol. The third-order valence-corrected chi connectivity index (χ3v) is 4.58. The molecule has 0 saturated heterocycles. The number of halogens is 2. The van der Waals surface area contributed by atoms with Gasteiger partial charge in [0.25, 0.3) is 5.56 Å². The first kappa shape index (κ1) is 18.3. The summed E-state index contributed by atoms with van der Waals surface area (Å²) in [4.78, 5) is 21.2. The summed E-state index contributed by atoms with van der Waals surface area (Å²) >= 11 is 1.35. The van der Waals surface area contributed by atoms with Gasteiger partial charge in [-0.15, -0.1) is 11.3 Å². The number of alkyl halides is 2. The van der Waals surface area contributed by atoms with E-state index in [0.717, 1.165) is 5.56 Å². The number of thiophene rings is 1. The highest BCUT2D eigenvalue weighted by molar-refractivity contribution is 7.17. The lowest BCUT2D eigenvalue weighted by Crippen LogP contribution is -2.21. The zero-order chi connectivity index (χ0) is 18.7. The maximum atomic E-state index is 12.4. The van der Waals surface area contributed by atoms with E-state index in [0.29, 0.717) is 29.1 Å². The molecule has 2 aromatic heterocycles. The van der Waals surface area contributed by atoms with Crippen LogP contribution in [0.4, 0.5) is 8.78 Å². The molecule has 0 bridgehead atoms. The minimum atomic E-state index is -2.91. The van der Waals surface area contributed by atoms with E-state index in [2.05, 4.69) is 14.7 Å². The van der Waals surface area contributed by atoms with Gasteiger partial charge >= 0.3 is 6.61 Å². The second-order valence-electron chi connectivity index (χ2n) is 5.68. The highest BCUT2D eigenvalue weighted by Crippen LogP contribution is 2.29. The van der Waals surface area contributed by atoms with Gasteiger partial charge in [-0.05, 0) is 36.2 Å². The molecule has 0 aliphatic carbocycles. The third-order valence-electron chi connectivity index (χ3n) is 3.68. The van der Waals surface area contributed by atoms with E-state index in [1.165, 1.54) is 24.5 Å². The number of hydrogen-bond donors (Lipinski definition) is 1. The van der Waals surface area contributed by atoms with Gasteiger partial charge in [0.15, 0.2) is 11.5 Å². The van der Waals surface area contributed by atoms with Crippen molar-refractivity contribution in [3.05, 3.63) is 51.4 Å². The number of nitrogens with zero attached hydrogens (tertiary/aromatic N) is 2. The number of rotatable bonds is 7. The van der Waals surface area contributed by atoms with Gasteiger partial charge in [0, 0.05) is 6.54 Å². The molecule has 0 amide bonds. The predicted octanol–water partition coefficient (Wildman–Crippen LogP) is 3.23. The summed E-state index contributed by atoms with van der Waals surface area (Å²) < 4.78 is 34.9. The fraction of sp³-hybridized carbons (Fsp3) is 0.294. The van der Waals surface area contributed by atoms with E-state index in [9.17, 15) is 13.6 Å². The topological polar surface area (TPSA) is 67.5 Å². The SMILES string of the molecule is COc1cc(CN(C)Cc2nc3ccsc3c(=O)[nH]2)ccc1OC(F)F. The van der Waals surface area contributed by atoms with Crippen LogP contribution in [0.1, 0.15) is 11.4 Å². The van der Waals surface area contributed by atoms with Gasteiger partial charge in [0.2, 0.25) is 0 Å². The number of nitrogens with one attached hydrogen (secondary N) is 1. The Bertz CT molecular complexity index is 958. The van der Waals surface area contributed by atoms with E-state index in [1.54, 1.807) is 12.1 Å². The Morgan fingerprint density at radius 2 is 2.08 bits per heavy atom. The number of H-pyrrole nitrogens is 1. The van der Waals surface area contributed by atoms with E-state index >= 15 is 0 Å². The predicted molar refractivity (Wildman–Crippen MR) is 95.0 cm³/mol.